The Hall–Kier alpha value is -7.74. The zero-order valence-electron chi connectivity index (χ0n) is 47.4. The van der Waals surface area contributed by atoms with E-state index in [9.17, 15) is 0 Å². The van der Waals surface area contributed by atoms with Gasteiger partial charge in [-0.05, 0) is 166 Å². The molecular weight excluding hydrogens is 913 g/mol. The SMILES string of the molecule is C#C.CC/C=C(C)\C=C(/C)N(/C=C/C=C\c1c(C)oc2c(C(C)(C)CC)cccc12)c1ccc(C)ccc2c(N(c3cc(C)cc(C)c3)c3cccc(C)c3Oc3c(C)cccc3C(C)(C)C)ccc3ccc1cc32. The normalized spacial score (nSPS) is 12.4. The van der Waals surface area contributed by atoms with Gasteiger partial charge < -0.3 is 19.0 Å². The molecule has 0 N–H and O–H groups in total. The number of fused-ring (bicyclic) bond motifs is 2. The molecule has 0 aliphatic rings. The van der Waals surface area contributed by atoms with Gasteiger partial charge in [0.05, 0.1) is 17.1 Å². The number of hydrogen-bond acceptors (Lipinski definition) is 4. The lowest BCUT2D eigenvalue weighted by molar-refractivity contribution is 0.450. The van der Waals surface area contributed by atoms with Gasteiger partial charge in [0.15, 0.2) is 5.75 Å². The van der Waals surface area contributed by atoms with Crippen molar-refractivity contribution < 1.29 is 9.15 Å². The summed E-state index contributed by atoms with van der Waals surface area (Å²) in [4.78, 5) is 4.74. The van der Waals surface area contributed by atoms with Gasteiger partial charge in [-0.1, -0.05) is 169 Å². The van der Waals surface area contributed by atoms with E-state index in [0.717, 1.165) is 113 Å². The number of ether oxygens (including phenoxy) is 1. The van der Waals surface area contributed by atoms with Crippen LogP contribution in [0.4, 0.5) is 22.7 Å². The second kappa shape index (κ2) is 23.2. The van der Waals surface area contributed by atoms with Gasteiger partial charge in [0.2, 0.25) is 0 Å². The molecule has 1 aromatic heterocycles. The summed E-state index contributed by atoms with van der Waals surface area (Å²) >= 11 is 0. The highest BCUT2D eigenvalue weighted by Crippen LogP contribution is 2.48. The van der Waals surface area contributed by atoms with Gasteiger partial charge in [-0.3, -0.25) is 0 Å². The van der Waals surface area contributed by atoms with Crippen LogP contribution in [0.25, 0.3) is 38.6 Å². The van der Waals surface area contributed by atoms with Crippen molar-refractivity contribution in [2.45, 2.75) is 128 Å². The number of para-hydroxylation sites is 3. The molecule has 0 radical (unpaired) electrons. The standard InChI is InChI=1S/C69H76N2O2.C2H2/c1-16-23-46(4)41-51(9)70(39-19-18-26-56-52(10)72-67-58(56)27-22-29-61(67)69(14,15)17-2)62-37-32-45(3)31-36-57-59-44-54(62)34-33-53(59)35-38-63(57)71(55-42-47(5)40-48(6)43-55)64-30-21-25-50(8)66(64)73-65-49(7)24-20-28-60(65)68(11,12)13;1-2/h18-44H,16-17H2,1-15H3;1-2H/b26-18-,36-31?,37-32?,39-19+,45-31?,45-32?,46-23-,51-41+,57-36?,62-37?,62-54?;. The molecule has 1 heterocycles. The average molecular weight is 991 g/mol. The lowest BCUT2D eigenvalue weighted by atomic mass is 9.81. The minimum atomic E-state index is -0.123. The first-order chi connectivity index (χ1) is 35.8. The van der Waals surface area contributed by atoms with Gasteiger partial charge >= 0.3 is 0 Å². The predicted molar refractivity (Wildman–Crippen MR) is 326 cm³/mol. The van der Waals surface area contributed by atoms with Crippen molar-refractivity contribution in [3.63, 3.8) is 0 Å². The Morgan fingerprint density at radius 3 is 1.92 bits per heavy atom. The Morgan fingerprint density at radius 1 is 0.600 bits per heavy atom. The summed E-state index contributed by atoms with van der Waals surface area (Å²) in [6.45, 7) is 33.1. The van der Waals surface area contributed by atoms with Crippen LogP contribution in [0, 0.1) is 54.4 Å². The third kappa shape index (κ3) is 12.0. The van der Waals surface area contributed by atoms with Crippen LogP contribution < -0.4 is 14.5 Å². The van der Waals surface area contributed by atoms with Gasteiger partial charge in [-0.2, -0.15) is 0 Å². The fourth-order valence-corrected chi connectivity index (χ4v) is 10.2. The van der Waals surface area contributed by atoms with Crippen molar-refractivity contribution in [1.82, 2.24) is 0 Å². The minimum Gasteiger partial charge on any atom is -0.460 e. The lowest BCUT2D eigenvalue weighted by Gasteiger charge is -2.31. The van der Waals surface area contributed by atoms with E-state index in [0.29, 0.717) is 0 Å². The van der Waals surface area contributed by atoms with E-state index in [1.54, 1.807) is 0 Å². The van der Waals surface area contributed by atoms with Crippen molar-refractivity contribution in [1.29, 1.82) is 0 Å². The quantitative estimate of drug-likeness (QED) is 0.0802. The van der Waals surface area contributed by atoms with Gasteiger partial charge in [-0.15, -0.1) is 12.8 Å². The average Bonchev–Trinajstić information content (AvgIpc) is 3.70. The molecule has 0 spiro atoms. The maximum absolute atomic E-state index is 7.29. The molecule has 4 nitrogen and oxygen atoms in total. The van der Waals surface area contributed by atoms with Gasteiger partial charge in [0, 0.05) is 45.0 Å². The van der Waals surface area contributed by atoms with Crippen molar-refractivity contribution >= 4 is 61.3 Å². The number of terminal acetylenes is 1. The molecule has 7 aromatic carbocycles. The number of anilines is 4. The van der Waals surface area contributed by atoms with E-state index >= 15 is 0 Å². The first-order valence-electron chi connectivity index (χ1n) is 26.5. The third-order valence-electron chi connectivity index (χ3n) is 14.5. The highest BCUT2D eigenvalue weighted by Gasteiger charge is 2.27. The fraction of sp³-hybridized carbons (Fsp3) is 0.268. The van der Waals surface area contributed by atoms with Crippen molar-refractivity contribution in [2.75, 3.05) is 9.80 Å². The smallest absolute Gasteiger partial charge is 0.154 e. The molecule has 75 heavy (non-hydrogen) atoms. The summed E-state index contributed by atoms with van der Waals surface area (Å²) in [5.41, 5.74) is 16.6. The minimum absolute atomic E-state index is 0.00782. The van der Waals surface area contributed by atoms with Crippen LogP contribution in [-0.4, -0.2) is 0 Å². The van der Waals surface area contributed by atoms with E-state index in [-0.39, 0.29) is 10.8 Å². The number of rotatable bonds is 14. The van der Waals surface area contributed by atoms with Gasteiger partial charge in [-0.25, -0.2) is 0 Å². The molecule has 4 heteroatoms. The zero-order valence-corrected chi connectivity index (χ0v) is 47.4. The summed E-state index contributed by atoms with van der Waals surface area (Å²) in [6.07, 6.45) is 23.2. The fourth-order valence-electron chi connectivity index (χ4n) is 10.2. The van der Waals surface area contributed by atoms with Crippen LogP contribution >= 0.6 is 0 Å². The number of hydrogen-bond donors (Lipinski definition) is 0. The van der Waals surface area contributed by atoms with E-state index < -0.39 is 0 Å². The molecule has 0 unspecified atom stereocenters. The molecule has 0 fully saturated rings. The Balaban J connectivity index is 0.00000405. The summed E-state index contributed by atoms with van der Waals surface area (Å²) < 4.78 is 13.8. The summed E-state index contributed by atoms with van der Waals surface area (Å²) in [5.74, 6) is 2.66. The second-order valence-corrected chi connectivity index (χ2v) is 21.8. The monoisotopic (exact) mass is 991 g/mol. The summed E-state index contributed by atoms with van der Waals surface area (Å²) in [6, 6.07) is 46.9. The van der Waals surface area contributed by atoms with Gasteiger partial charge in [0.25, 0.3) is 0 Å². The van der Waals surface area contributed by atoms with Crippen LogP contribution in [0.15, 0.2) is 174 Å². The van der Waals surface area contributed by atoms with Crippen molar-refractivity contribution in [3.05, 3.63) is 219 Å². The number of furan rings is 1. The summed E-state index contributed by atoms with van der Waals surface area (Å²) in [7, 11) is 0. The molecule has 384 valence electrons. The van der Waals surface area contributed by atoms with E-state index in [2.05, 4.69) is 290 Å². The molecule has 0 atom stereocenters. The largest absolute Gasteiger partial charge is 0.460 e. The maximum atomic E-state index is 7.29. The van der Waals surface area contributed by atoms with Crippen LogP contribution in [0.1, 0.15) is 125 Å². The molecular formula is C71H78N2O2. The van der Waals surface area contributed by atoms with Crippen LogP contribution in [0.2, 0.25) is 0 Å². The molecule has 8 aromatic rings. The second-order valence-electron chi connectivity index (χ2n) is 21.8. The third-order valence-corrected chi connectivity index (χ3v) is 14.5. The Bertz CT molecular complexity index is 3540. The Kier molecular flexibility index (Phi) is 17.0. The number of nitrogens with zero attached hydrogens (tertiary/aromatic N) is 2. The van der Waals surface area contributed by atoms with Crippen molar-refractivity contribution in [3.8, 4) is 24.3 Å². The molecule has 0 saturated heterocycles. The molecule has 2 bridgehead atoms. The predicted octanol–water partition coefficient (Wildman–Crippen LogP) is 20.9. The van der Waals surface area contributed by atoms with Gasteiger partial charge in [0.1, 0.15) is 17.1 Å². The molecule has 0 aliphatic heterocycles. The summed E-state index contributed by atoms with van der Waals surface area (Å²) in [5, 5.41) is 5.70. The molecule has 8 rings (SSSR count). The maximum Gasteiger partial charge on any atom is 0.154 e. The number of aryl methyl sites for hydroxylation is 6. The van der Waals surface area contributed by atoms with E-state index in [1.165, 1.54) is 27.8 Å². The van der Waals surface area contributed by atoms with Crippen LogP contribution in [0.3, 0.4) is 0 Å². The van der Waals surface area contributed by atoms with E-state index in [1.807, 2.05) is 0 Å². The van der Waals surface area contributed by atoms with Crippen molar-refractivity contribution in [2.24, 2.45) is 0 Å². The van der Waals surface area contributed by atoms with Crippen LogP contribution in [0.5, 0.6) is 11.5 Å². The highest BCUT2D eigenvalue weighted by atomic mass is 16.5. The first-order valence-corrected chi connectivity index (χ1v) is 26.5. The first kappa shape index (κ1) is 55.0. The number of allylic oxidation sites excluding steroid dienone is 6. The van der Waals surface area contributed by atoms with E-state index in [4.69, 9.17) is 9.15 Å². The Morgan fingerprint density at radius 2 is 1.23 bits per heavy atom. The molecule has 0 amide bonds. The van der Waals surface area contributed by atoms with Crippen LogP contribution in [-0.2, 0) is 10.8 Å². The lowest BCUT2D eigenvalue weighted by Crippen LogP contribution is -2.15. The zero-order chi connectivity index (χ0) is 54.4. The highest BCUT2D eigenvalue weighted by molar-refractivity contribution is 6.10. The molecule has 0 aliphatic carbocycles. The number of benzene rings is 6. The molecule has 0 saturated carbocycles. The Labute approximate surface area is 449 Å². The topological polar surface area (TPSA) is 28.9 Å².